The normalized spacial score (nSPS) is 13.1. The Morgan fingerprint density at radius 3 is 2.80 bits per heavy atom. The Morgan fingerprint density at radius 1 is 1.15 bits per heavy atom. The smallest absolute Gasteiger partial charge is 0.167 e. The Labute approximate surface area is 118 Å². The zero-order chi connectivity index (χ0) is 13.9. The maximum absolute atomic E-state index is 12.4. The van der Waals surface area contributed by atoms with E-state index >= 15 is 0 Å². The van der Waals surface area contributed by atoms with Gasteiger partial charge in [0.2, 0.25) is 0 Å². The maximum Gasteiger partial charge on any atom is 0.167 e. The van der Waals surface area contributed by atoms with Crippen molar-refractivity contribution in [1.82, 2.24) is 5.32 Å². The third-order valence-electron chi connectivity index (χ3n) is 3.70. The van der Waals surface area contributed by atoms with Gasteiger partial charge in [0.1, 0.15) is 5.75 Å². The van der Waals surface area contributed by atoms with Crippen LogP contribution in [-0.4, -0.2) is 12.9 Å². The maximum atomic E-state index is 12.4. The van der Waals surface area contributed by atoms with Crippen LogP contribution >= 0.6 is 0 Å². The Kier molecular flexibility index (Phi) is 3.52. The topological polar surface area (TPSA) is 38.3 Å². The molecule has 3 heteroatoms. The van der Waals surface area contributed by atoms with Gasteiger partial charge in [-0.3, -0.25) is 4.79 Å². The van der Waals surface area contributed by atoms with Crippen molar-refractivity contribution in [1.29, 1.82) is 0 Å². The van der Waals surface area contributed by atoms with E-state index in [4.69, 9.17) is 4.74 Å². The van der Waals surface area contributed by atoms with Crippen LogP contribution in [0.3, 0.4) is 0 Å². The highest BCUT2D eigenvalue weighted by molar-refractivity contribution is 5.98. The van der Waals surface area contributed by atoms with E-state index in [0.717, 1.165) is 30.0 Å². The molecule has 0 saturated carbocycles. The van der Waals surface area contributed by atoms with Gasteiger partial charge < -0.3 is 10.1 Å². The summed E-state index contributed by atoms with van der Waals surface area (Å²) in [6, 6.07) is 13.6. The molecule has 2 aromatic rings. The third kappa shape index (κ3) is 2.45. The Balaban J connectivity index is 1.83. The number of rotatable bonds is 4. The number of carbonyl (C=O) groups excluding carboxylic acids is 1. The van der Waals surface area contributed by atoms with Gasteiger partial charge in [0, 0.05) is 30.6 Å². The molecular weight excluding hydrogens is 250 g/mol. The predicted molar refractivity (Wildman–Crippen MR) is 78.0 cm³/mol. The number of ether oxygens (including phenoxy) is 1. The number of carbonyl (C=O) groups is 1. The summed E-state index contributed by atoms with van der Waals surface area (Å²) in [6.45, 7) is 1.75. The summed E-state index contributed by atoms with van der Waals surface area (Å²) < 4.78 is 5.29. The minimum Gasteiger partial charge on any atom is -0.496 e. The summed E-state index contributed by atoms with van der Waals surface area (Å²) in [5, 5.41) is 3.29. The van der Waals surface area contributed by atoms with Crippen LogP contribution in [0.2, 0.25) is 0 Å². The standard InChI is InChI=1S/C17H17NO2/c1-20-17-5-3-2-4-13(17)9-16(19)12-6-7-14-10-18-11-15(14)8-12/h2-8,18H,9-11H2,1H3. The fraction of sp³-hybridized carbons (Fsp3) is 0.235. The lowest BCUT2D eigenvalue weighted by Crippen LogP contribution is -2.05. The predicted octanol–water partition coefficient (Wildman–Crippen LogP) is 2.72. The zero-order valence-corrected chi connectivity index (χ0v) is 11.5. The van der Waals surface area contributed by atoms with Gasteiger partial charge in [-0.05, 0) is 23.3 Å². The molecular formula is C17H17NO2. The van der Waals surface area contributed by atoms with Crippen LogP contribution in [0.5, 0.6) is 5.75 Å². The minimum absolute atomic E-state index is 0.129. The molecule has 0 atom stereocenters. The number of fused-ring (bicyclic) bond motifs is 1. The van der Waals surface area contributed by atoms with Crippen molar-refractivity contribution in [2.24, 2.45) is 0 Å². The fourth-order valence-electron chi connectivity index (χ4n) is 2.59. The van der Waals surface area contributed by atoms with Crippen LogP contribution in [0.25, 0.3) is 0 Å². The summed E-state index contributed by atoms with van der Waals surface area (Å²) in [6.07, 6.45) is 0.371. The Morgan fingerprint density at radius 2 is 1.95 bits per heavy atom. The molecule has 0 aromatic heterocycles. The van der Waals surface area contributed by atoms with Crippen molar-refractivity contribution in [2.45, 2.75) is 19.5 Å². The summed E-state index contributed by atoms with van der Waals surface area (Å²) in [5.74, 6) is 0.896. The van der Waals surface area contributed by atoms with Gasteiger partial charge in [0.25, 0.3) is 0 Å². The molecule has 1 N–H and O–H groups in total. The van der Waals surface area contributed by atoms with Crippen molar-refractivity contribution in [3.63, 3.8) is 0 Å². The van der Waals surface area contributed by atoms with E-state index in [9.17, 15) is 4.79 Å². The highest BCUT2D eigenvalue weighted by Gasteiger charge is 2.15. The second-order valence-corrected chi connectivity index (χ2v) is 5.00. The lowest BCUT2D eigenvalue weighted by Gasteiger charge is -2.08. The van der Waals surface area contributed by atoms with Gasteiger partial charge in [0.05, 0.1) is 7.11 Å². The van der Waals surface area contributed by atoms with Crippen molar-refractivity contribution in [2.75, 3.05) is 7.11 Å². The molecule has 1 aliphatic rings. The largest absolute Gasteiger partial charge is 0.496 e. The number of para-hydroxylation sites is 1. The molecule has 0 fully saturated rings. The molecule has 0 aliphatic carbocycles. The van der Waals surface area contributed by atoms with Gasteiger partial charge in [0.15, 0.2) is 5.78 Å². The van der Waals surface area contributed by atoms with E-state index in [1.165, 1.54) is 11.1 Å². The number of hydrogen-bond acceptors (Lipinski definition) is 3. The van der Waals surface area contributed by atoms with E-state index in [0.29, 0.717) is 6.42 Å². The minimum atomic E-state index is 0.129. The van der Waals surface area contributed by atoms with Crippen molar-refractivity contribution in [3.8, 4) is 5.75 Å². The summed E-state index contributed by atoms with van der Waals surface area (Å²) >= 11 is 0. The first-order valence-corrected chi connectivity index (χ1v) is 6.75. The first-order chi connectivity index (χ1) is 9.78. The van der Waals surface area contributed by atoms with Crippen LogP contribution in [0.4, 0.5) is 0 Å². The van der Waals surface area contributed by atoms with Crippen molar-refractivity contribution >= 4 is 5.78 Å². The van der Waals surface area contributed by atoms with Crippen LogP contribution < -0.4 is 10.1 Å². The number of Topliss-reactive ketones (excluding diaryl/α,β-unsaturated/α-hetero) is 1. The average molecular weight is 267 g/mol. The zero-order valence-electron chi connectivity index (χ0n) is 11.5. The van der Waals surface area contributed by atoms with E-state index < -0.39 is 0 Å². The first-order valence-electron chi connectivity index (χ1n) is 6.75. The molecule has 0 unspecified atom stereocenters. The summed E-state index contributed by atoms with van der Waals surface area (Å²) in [4.78, 5) is 12.4. The molecule has 0 bridgehead atoms. The lowest BCUT2D eigenvalue weighted by molar-refractivity contribution is 0.0992. The number of hydrogen-bond donors (Lipinski definition) is 1. The third-order valence-corrected chi connectivity index (χ3v) is 3.70. The van der Waals surface area contributed by atoms with E-state index in [1.54, 1.807) is 7.11 Å². The molecule has 0 saturated heterocycles. The molecule has 2 aromatic carbocycles. The number of ketones is 1. The van der Waals surface area contributed by atoms with Gasteiger partial charge in [-0.15, -0.1) is 0 Å². The lowest BCUT2D eigenvalue weighted by atomic mass is 9.99. The second-order valence-electron chi connectivity index (χ2n) is 5.00. The van der Waals surface area contributed by atoms with Crippen molar-refractivity contribution in [3.05, 3.63) is 64.7 Å². The summed E-state index contributed by atoms with van der Waals surface area (Å²) in [7, 11) is 1.63. The molecule has 3 rings (SSSR count). The molecule has 102 valence electrons. The second kappa shape index (κ2) is 5.47. The quantitative estimate of drug-likeness (QED) is 0.866. The van der Waals surface area contributed by atoms with Gasteiger partial charge in [-0.25, -0.2) is 0 Å². The van der Waals surface area contributed by atoms with Gasteiger partial charge in [-0.2, -0.15) is 0 Å². The van der Waals surface area contributed by atoms with Crippen LogP contribution in [0.1, 0.15) is 27.0 Å². The van der Waals surface area contributed by atoms with Gasteiger partial charge >= 0.3 is 0 Å². The van der Waals surface area contributed by atoms with Gasteiger partial charge in [-0.1, -0.05) is 30.3 Å². The Bertz CT molecular complexity index is 649. The monoisotopic (exact) mass is 267 g/mol. The molecule has 1 heterocycles. The molecule has 3 nitrogen and oxygen atoms in total. The van der Waals surface area contributed by atoms with E-state index in [-0.39, 0.29) is 5.78 Å². The Hall–Kier alpha value is -2.13. The fourth-order valence-corrected chi connectivity index (χ4v) is 2.59. The van der Waals surface area contributed by atoms with E-state index in [1.807, 2.05) is 42.5 Å². The molecule has 0 radical (unpaired) electrons. The van der Waals surface area contributed by atoms with Crippen LogP contribution in [0.15, 0.2) is 42.5 Å². The van der Waals surface area contributed by atoms with Crippen molar-refractivity contribution < 1.29 is 9.53 Å². The number of benzene rings is 2. The average Bonchev–Trinajstić information content (AvgIpc) is 2.95. The SMILES string of the molecule is COc1ccccc1CC(=O)c1ccc2c(c1)CNC2. The molecule has 1 aliphatic heterocycles. The molecule has 0 amide bonds. The highest BCUT2D eigenvalue weighted by Crippen LogP contribution is 2.21. The van der Waals surface area contributed by atoms with E-state index in [2.05, 4.69) is 5.32 Å². The van der Waals surface area contributed by atoms with Crippen LogP contribution in [-0.2, 0) is 19.5 Å². The molecule has 20 heavy (non-hydrogen) atoms. The molecule has 0 spiro atoms. The first kappa shape index (κ1) is 12.9. The number of methoxy groups -OCH3 is 1. The number of nitrogens with one attached hydrogen (secondary N) is 1. The summed E-state index contributed by atoms with van der Waals surface area (Å²) in [5.41, 5.74) is 4.23. The van der Waals surface area contributed by atoms with Crippen LogP contribution in [0, 0.1) is 0 Å². The highest BCUT2D eigenvalue weighted by atomic mass is 16.5.